The number of anilines is 1. The number of benzene rings is 1. The minimum absolute atomic E-state index is 0.0311. The molecule has 3 aromatic rings. The van der Waals surface area contributed by atoms with Crippen LogP contribution in [0.15, 0.2) is 30.3 Å². The summed E-state index contributed by atoms with van der Waals surface area (Å²) in [6.45, 7) is 1.79. The summed E-state index contributed by atoms with van der Waals surface area (Å²) in [6.07, 6.45) is 2.50. The zero-order chi connectivity index (χ0) is 21.0. The molecule has 5 rings (SSSR count). The summed E-state index contributed by atoms with van der Waals surface area (Å²) < 4.78 is 39.2. The molecule has 30 heavy (non-hydrogen) atoms. The van der Waals surface area contributed by atoms with Gasteiger partial charge >= 0.3 is 0 Å². The first-order valence-electron chi connectivity index (χ1n) is 9.98. The number of pyridine rings is 1. The van der Waals surface area contributed by atoms with Crippen molar-refractivity contribution >= 4 is 32.5 Å². The van der Waals surface area contributed by atoms with E-state index < -0.39 is 15.7 Å². The van der Waals surface area contributed by atoms with Gasteiger partial charge in [-0.3, -0.25) is 4.79 Å². The van der Waals surface area contributed by atoms with Gasteiger partial charge in [0.05, 0.1) is 34.2 Å². The first-order chi connectivity index (χ1) is 14.3. The van der Waals surface area contributed by atoms with Gasteiger partial charge in [0.1, 0.15) is 5.82 Å². The van der Waals surface area contributed by atoms with Crippen LogP contribution in [0.5, 0.6) is 0 Å². The zero-order valence-corrected chi connectivity index (χ0v) is 17.2. The Balaban J connectivity index is 1.61. The summed E-state index contributed by atoms with van der Waals surface area (Å²) in [4.78, 5) is 17.9. The molecule has 1 saturated carbocycles. The predicted molar refractivity (Wildman–Crippen MR) is 111 cm³/mol. The molecule has 1 aromatic carbocycles. The average Bonchev–Trinajstić information content (AvgIpc) is 3.41. The number of amides is 1. The Labute approximate surface area is 173 Å². The van der Waals surface area contributed by atoms with E-state index in [2.05, 4.69) is 10.4 Å². The highest BCUT2D eigenvalue weighted by atomic mass is 32.2. The second kappa shape index (κ2) is 6.87. The van der Waals surface area contributed by atoms with Crippen molar-refractivity contribution < 1.29 is 17.6 Å². The largest absolute Gasteiger partial charge is 0.322 e. The van der Waals surface area contributed by atoms with Crippen LogP contribution in [0, 0.1) is 12.7 Å². The molecule has 0 bridgehead atoms. The normalized spacial score (nSPS) is 20.5. The lowest BCUT2D eigenvalue weighted by Crippen LogP contribution is -2.15. The van der Waals surface area contributed by atoms with Crippen LogP contribution in [0.3, 0.4) is 0 Å². The maximum atomic E-state index is 13.5. The van der Waals surface area contributed by atoms with Gasteiger partial charge in [0.25, 0.3) is 5.91 Å². The van der Waals surface area contributed by atoms with Gasteiger partial charge < -0.3 is 5.32 Å². The van der Waals surface area contributed by atoms with Crippen LogP contribution in [-0.2, 0) is 9.84 Å². The molecule has 0 radical (unpaired) electrons. The lowest BCUT2D eigenvalue weighted by Gasteiger charge is -2.12. The third-order valence-corrected chi connectivity index (χ3v) is 7.48. The van der Waals surface area contributed by atoms with Gasteiger partial charge in [-0.15, -0.1) is 0 Å². The molecule has 1 saturated heterocycles. The molecule has 3 heterocycles. The molecule has 156 valence electrons. The van der Waals surface area contributed by atoms with Crippen molar-refractivity contribution in [1.29, 1.82) is 0 Å². The Kier molecular flexibility index (Phi) is 4.39. The SMILES string of the molecule is Cc1nn(C2CCS(=O)(=O)C2)c2nc(C3CC3)cc(C(=O)Nc3cccc(F)c3)c12. The molecular weight excluding hydrogens is 407 g/mol. The fourth-order valence-electron chi connectivity index (χ4n) is 4.09. The van der Waals surface area contributed by atoms with E-state index in [4.69, 9.17) is 4.98 Å². The van der Waals surface area contributed by atoms with Crippen LogP contribution in [0.1, 0.15) is 53.0 Å². The number of sulfone groups is 1. The highest BCUT2D eigenvalue weighted by Gasteiger charge is 2.34. The Morgan fingerprint density at radius 1 is 1.23 bits per heavy atom. The summed E-state index contributed by atoms with van der Waals surface area (Å²) in [5, 5.41) is 7.94. The Hall–Kier alpha value is -2.81. The zero-order valence-electron chi connectivity index (χ0n) is 16.4. The second-order valence-electron chi connectivity index (χ2n) is 8.12. The number of fused-ring (bicyclic) bond motifs is 1. The summed E-state index contributed by atoms with van der Waals surface area (Å²) in [5.41, 5.74) is 2.77. The van der Waals surface area contributed by atoms with Crippen molar-refractivity contribution in [3.63, 3.8) is 0 Å². The van der Waals surface area contributed by atoms with Gasteiger partial charge in [-0.25, -0.2) is 22.5 Å². The smallest absolute Gasteiger partial charge is 0.256 e. The Morgan fingerprint density at radius 3 is 2.70 bits per heavy atom. The van der Waals surface area contributed by atoms with Gasteiger partial charge in [0.15, 0.2) is 15.5 Å². The van der Waals surface area contributed by atoms with Crippen LogP contribution < -0.4 is 5.32 Å². The number of aromatic nitrogens is 3. The molecule has 2 aliphatic rings. The lowest BCUT2D eigenvalue weighted by molar-refractivity contribution is 0.102. The molecule has 1 aliphatic carbocycles. The van der Waals surface area contributed by atoms with Gasteiger partial charge in [0.2, 0.25) is 0 Å². The number of nitrogens with zero attached hydrogens (tertiary/aromatic N) is 3. The van der Waals surface area contributed by atoms with Crippen LogP contribution in [0.25, 0.3) is 11.0 Å². The van der Waals surface area contributed by atoms with Crippen molar-refractivity contribution in [2.75, 3.05) is 16.8 Å². The Bertz CT molecular complexity index is 1280. The third kappa shape index (κ3) is 3.47. The minimum Gasteiger partial charge on any atom is -0.322 e. The first kappa shape index (κ1) is 19.2. The molecule has 0 spiro atoms. The average molecular weight is 428 g/mol. The highest BCUT2D eigenvalue weighted by molar-refractivity contribution is 7.91. The summed E-state index contributed by atoms with van der Waals surface area (Å²) in [7, 11) is -3.09. The second-order valence-corrected chi connectivity index (χ2v) is 10.3. The quantitative estimate of drug-likeness (QED) is 0.688. The van der Waals surface area contributed by atoms with Gasteiger partial charge in [0, 0.05) is 17.3 Å². The van der Waals surface area contributed by atoms with Gasteiger partial charge in [-0.1, -0.05) is 6.07 Å². The molecule has 1 amide bonds. The summed E-state index contributed by atoms with van der Waals surface area (Å²) in [5.74, 6) is -0.336. The topological polar surface area (TPSA) is 93.9 Å². The number of hydrogen-bond acceptors (Lipinski definition) is 5. The minimum atomic E-state index is -3.09. The van der Waals surface area contributed by atoms with E-state index in [0.717, 1.165) is 18.5 Å². The number of rotatable bonds is 4. The number of carbonyl (C=O) groups is 1. The predicted octanol–water partition coefficient (Wildman–Crippen LogP) is 3.37. The number of nitrogens with one attached hydrogen (secondary N) is 1. The van der Waals surface area contributed by atoms with Crippen LogP contribution >= 0.6 is 0 Å². The van der Waals surface area contributed by atoms with Crippen molar-refractivity contribution in [1.82, 2.24) is 14.8 Å². The maximum Gasteiger partial charge on any atom is 0.256 e. The van der Waals surface area contributed by atoms with E-state index in [1.165, 1.54) is 18.2 Å². The molecule has 2 fully saturated rings. The molecule has 7 nitrogen and oxygen atoms in total. The standard InChI is InChI=1S/C21H21FN4O3S/c1-12-19-17(21(27)23-15-4-2-3-14(22)9-15)10-18(13-5-6-13)24-20(19)26(25-12)16-7-8-30(28,29)11-16/h2-4,9-10,13,16H,5-8,11H2,1H3,(H,23,27). The van der Waals surface area contributed by atoms with Gasteiger partial charge in [-0.2, -0.15) is 5.10 Å². The Morgan fingerprint density at radius 2 is 2.03 bits per heavy atom. The number of carbonyl (C=O) groups excluding carboxylic acids is 1. The third-order valence-electron chi connectivity index (χ3n) is 5.73. The number of aryl methyl sites for hydroxylation is 1. The van der Waals surface area contributed by atoms with E-state index in [9.17, 15) is 17.6 Å². The maximum absolute atomic E-state index is 13.5. The van der Waals surface area contributed by atoms with Crippen LogP contribution in [0.4, 0.5) is 10.1 Å². The molecule has 1 atom stereocenters. The molecule has 2 aromatic heterocycles. The molecular formula is C21H21FN4O3S. The van der Waals surface area contributed by atoms with Crippen molar-refractivity contribution in [3.05, 3.63) is 53.1 Å². The van der Waals surface area contributed by atoms with Crippen LogP contribution in [0.2, 0.25) is 0 Å². The first-order valence-corrected chi connectivity index (χ1v) is 11.8. The van der Waals surface area contributed by atoms with E-state index >= 15 is 0 Å². The van der Waals surface area contributed by atoms with E-state index in [-0.39, 0.29) is 23.5 Å². The molecule has 9 heteroatoms. The molecule has 1 aliphatic heterocycles. The fourth-order valence-corrected chi connectivity index (χ4v) is 5.78. The summed E-state index contributed by atoms with van der Waals surface area (Å²) >= 11 is 0. The number of halogens is 1. The van der Waals surface area contributed by atoms with Crippen molar-refractivity contribution in [3.8, 4) is 0 Å². The van der Waals surface area contributed by atoms with E-state index in [1.807, 2.05) is 0 Å². The lowest BCUT2D eigenvalue weighted by atomic mass is 10.1. The van der Waals surface area contributed by atoms with Gasteiger partial charge in [-0.05, 0) is 50.5 Å². The van der Waals surface area contributed by atoms with Crippen molar-refractivity contribution in [2.24, 2.45) is 0 Å². The number of hydrogen-bond donors (Lipinski definition) is 1. The molecule has 1 unspecified atom stereocenters. The van der Waals surface area contributed by atoms with E-state index in [0.29, 0.717) is 40.3 Å². The molecule has 1 N–H and O–H groups in total. The van der Waals surface area contributed by atoms with Crippen molar-refractivity contribution in [2.45, 2.75) is 38.1 Å². The van der Waals surface area contributed by atoms with Crippen LogP contribution in [-0.4, -0.2) is 40.6 Å². The highest BCUT2D eigenvalue weighted by Crippen LogP contribution is 2.41. The summed E-state index contributed by atoms with van der Waals surface area (Å²) in [6, 6.07) is 7.24. The fraction of sp³-hybridized carbons (Fsp3) is 0.381. The monoisotopic (exact) mass is 428 g/mol. The van der Waals surface area contributed by atoms with E-state index in [1.54, 1.807) is 23.7 Å².